The summed E-state index contributed by atoms with van der Waals surface area (Å²) in [4.78, 5) is 26.3. The van der Waals surface area contributed by atoms with E-state index in [1.165, 1.54) is 31.3 Å². The number of aromatic nitrogens is 1. The summed E-state index contributed by atoms with van der Waals surface area (Å²) in [6.07, 6.45) is 1.48. The first-order valence-electron chi connectivity index (χ1n) is 6.20. The lowest BCUT2D eigenvalue weighted by Crippen LogP contribution is -2.27. The van der Waals surface area contributed by atoms with E-state index in [2.05, 4.69) is 15.0 Å². The van der Waals surface area contributed by atoms with Crippen molar-refractivity contribution in [2.24, 2.45) is 0 Å². The van der Waals surface area contributed by atoms with Gasteiger partial charge in [0.05, 0.1) is 0 Å². The summed E-state index contributed by atoms with van der Waals surface area (Å²) < 4.78 is 17.7. The molecule has 1 amide bonds. The zero-order chi connectivity index (χ0) is 15.2. The summed E-state index contributed by atoms with van der Waals surface area (Å²) in [5, 5.41) is 2.39. The molecule has 0 aliphatic rings. The Bertz CT molecular complexity index is 656. The van der Waals surface area contributed by atoms with Gasteiger partial charge in [0.1, 0.15) is 11.5 Å². The Morgan fingerprint density at radius 3 is 2.67 bits per heavy atom. The first kappa shape index (κ1) is 14.6. The third-order valence-electron chi connectivity index (χ3n) is 2.66. The molecule has 0 unspecified atom stereocenters. The van der Waals surface area contributed by atoms with E-state index in [4.69, 9.17) is 0 Å². The molecule has 1 heterocycles. The van der Waals surface area contributed by atoms with Crippen molar-refractivity contribution in [3.8, 4) is 11.1 Å². The van der Waals surface area contributed by atoms with E-state index in [1.54, 1.807) is 18.2 Å². The topological polar surface area (TPSA) is 68.3 Å². The summed E-state index contributed by atoms with van der Waals surface area (Å²) in [5.41, 5.74) is 1.56. The highest BCUT2D eigenvalue weighted by atomic mass is 19.1. The molecule has 1 N–H and O–H groups in total. The molecule has 0 spiro atoms. The lowest BCUT2D eigenvalue weighted by atomic mass is 10.1. The fourth-order valence-corrected chi connectivity index (χ4v) is 1.66. The molecule has 0 aliphatic carbocycles. The Balaban J connectivity index is 2.05. The second-order valence-electron chi connectivity index (χ2n) is 4.23. The van der Waals surface area contributed by atoms with Gasteiger partial charge >= 0.3 is 5.97 Å². The van der Waals surface area contributed by atoms with Crippen LogP contribution >= 0.6 is 0 Å². The number of rotatable bonds is 4. The summed E-state index contributed by atoms with van der Waals surface area (Å²) in [7, 11) is 0. The van der Waals surface area contributed by atoms with E-state index in [-0.39, 0.29) is 18.2 Å². The largest absolute Gasteiger partial charge is 0.445 e. The van der Waals surface area contributed by atoms with E-state index < -0.39 is 11.9 Å². The Morgan fingerprint density at radius 1 is 1.24 bits per heavy atom. The number of halogens is 1. The van der Waals surface area contributed by atoms with E-state index in [1.807, 2.05) is 0 Å². The quantitative estimate of drug-likeness (QED) is 0.691. The minimum atomic E-state index is -0.482. The average molecular weight is 288 g/mol. The molecule has 0 radical (unpaired) electrons. The van der Waals surface area contributed by atoms with Gasteiger partial charge in [-0.15, -0.1) is 0 Å². The van der Waals surface area contributed by atoms with Gasteiger partial charge in [0.15, 0.2) is 6.73 Å². The highest BCUT2D eigenvalue weighted by molar-refractivity contribution is 5.92. The minimum absolute atomic E-state index is 0.183. The maximum absolute atomic E-state index is 13.1. The van der Waals surface area contributed by atoms with Crippen LogP contribution in [0.25, 0.3) is 11.1 Å². The van der Waals surface area contributed by atoms with Crippen LogP contribution < -0.4 is 5.32 Å². The fourth-order valence-electron chi connectivity index (χ4n) is 1.66. The van der Waals surface area contributed by atoms with Gasteiger partial charge in [-0.2, -0.15) is 0 Å². The summed E-state index contributed by atoms with van der Waals surface area (Å²) in [6.45, 7) is 1.04. The number of carbonyl (C=O) groups is 2. The Labute approximate surface area is 120 Å². The Hall–Kier alpha value is -2.76. The normalized spacial score (nSPS) is 10.0. The molecule has 21 heavy (non-hydrogen) atoms. The molecule has 2 aromatic rings. The molecular formula is C15H13FN2O3. The van der Waals surface area contributed by atoms with Gasteiger partial charge in [0.2, 0.25) is 0 Å². The number of esters is 1. The van der Waals surface area contributed by atoms with Crippen molar-refractivity contribution in [2.75, 3.05) is 6.73 Å². The molecule has 108 valence electrons. The van der Waals surface area contributed by atoms with Crippen LogP contribution in [-0.2, 0) is 9.53 Å². The van der Waals surface area contributed by atoms with Crippen LogP contribution in [0, 0.1) is 5.82 Å². The van der Waals surface area contributed by atoms with Crippen LogP contribution in [0.4, 0.5) is 4.39 Å². The van der Waals surface area contributed by atoms with Crippen molar-refractivity contribution >= 4 is 11.9 Å². The standard InChI is InChI=1S/C15H13FN2O3/c1-10(19)21-9-18-15(20)14-6-5-12(8-17-14)11-3-2-4-13(16)7-11/h2-8H,9H2,1H3,(H,18,20). The number of hydrogen-bond acceptors (Lipinski definition) is 4. The minimum Gasteiger partial charge on any atom is -0.445 e. The lowest BCUT2D eigenvalue weighted by Gasteiger charge is -2.06. The molecule has 0 saturated carbocycles. The van der Waals surface area contributed by atoms with Gasteiger partial charge in [-0.3, -0.25) is 14.6 Å². The third-order valence-corrected chi connectivity index (χ3v) is 2.66. The molecule has 5 nitrogen and oxygen atoms in total. The smallest absolute Gasteiger partial charge is 0.304 e. The number of amides is 1. The van der Waals surface area contributed by atoms with E-state index in [0.29, 0.717) is 11.1 Å². The molecule has 1 aromatic carbocycles. The molecule has 0 saturated heterocycles. The monoisotopic (exact) mass is 288 g/mol. The maximum Gasteiger partial charge on any atom is 0.304 e. The van der Waals surface area contributed by atoms with Gasteiger partial charge in [-0.05, 0) is 23.8 Å². The van der Waals surface area contributed by atoms with Crippen molar-refractivity contribution in [3.05, 3.63) is 54.1 Å². The summed E-state index contributed by atoms with van der Waals surface area (Å²) >= 11 is 0. The molecule has 0 atom stereocenters. The van der Waals surface area contributed by atoms with Crippen LogP contribution in [-0.4, -0.2) is 23.6 Å². The highest BCUT2D eigenvalue weighted by Crippen LogP contribution is 2.19. The van der Waals surface area contributed by atoms with Crippen LogP contribution in [0.5, 0.6) is 0 Å². The molecule has 1 aromatic heterocycles. The van der Waals surface area contributed by atoms with Gasteiger partial charge in [0.25, 0.3) is 5.91 Å². The molecule has 6 heteroatoms. The molecule has 2 rings (SSSR count). The second-order valence-corrected chi connectivity index (χ2v) is 4.23. The number of benzene rings is 1. The van der Waals surface area contributed by atoms with Crippen LogP contribution in [0.1, 0.15) is 17.4 Å². The predicted octanol–water partition coefficient (Wildman–Crippen LogP) is 2.14. The molecule has 0 bridgehead atoms. The molecular weight excluding hydrogens is 275 g/mol. The summed E-state index contributed by atoms with van der Waals surface area (Å²) in [5.74, 6) is -1.28. The average Bonchev–Trinajstić information content (AvgIpc) is 2.47. The van der Waals surface area contributed by atoms with Gasteiger partial charge in [0, 0.05) is 18.7 Å². The highest BCUT2D eigenvalue weighted by Gasteiger charge is 2.08. The first-order valence-corrected chi connectivity index (χ1v) is 6.20. The predicted molar refractivity (Wildman–Crippen MR) is 73.7 cm³/mol. The van der Waals surface area contributed by atoms with Crippen molar-refractivity contribution in [2.45, 2.75) is 6.92 Å². The Kier molecular flexibility index (Phi) is 4.61. The number of carbonyl (C=O) groups excluding carboxylic acids is 2. The lowest BCUT2D eigenvalue weighted by molar-refractivity contribution is -0.141. The second kappa shape index (κ2) is 6.60. The zero-order valence-corrected chi connectivity index (χ0v) is 11.3. The maximum atomic E-state index is 13.1. The number of hydrogen-bond donors (Lipinski definition) is 1. The third kappa shape index (κ3) is 4.10. The molecule has 0 fully saturated rings. The van der Waals surface area contributed by atoms with E-state index in [0.717, 1.165) is 0 Å². The van der Waals surface area contributed by atoms with Gasteiger partial charge in [-0.1, -0.05) is 18.2 Å². The van der Waals surface area contributed by atoms with Crippen molar-refractivity contribution < 1.29 is 18.7 Å². The van der Waals surface area contributed by atoms with Crippen molar-refractivity contribution in [1.29, 1.82) is 0 Å². The van der Waals surface area contributed by atoms with Crippen LogP contribution in [0.3, 0.4) is 0 Å². The zero-order valence-electron chi connectivity index (χ0n) is 11.3. The van der Waals surface area contributed by atoms with Gasteiger partial charge in [-0.25, -0.2) is 4.39 Å². The SMILES string of the molecule is CC(=O)OCNC(=O)c1ccc(-c2cccc(F)c2)cn1. The van der Waals surface area contributed by atoms with Crippen LogP contribution in [0.2, 0.25) is 0 Å². The number of nitrogens with one attached hydrogen (secondary N) is 1. The van der Waals surface area contributed by atoms with E-state index in [9.17, 15) is 14.0 Å². The van der Waals surface area contributed by atoms with Crippen molar-refractivity contribution in [1.82, 2.24) is 10.3 Å². The fraction of sp³-hybridized carbons (Fsp3) is 0.133. The number of pyridine rings is 1. The number of ether oxygens (including phenoxy) is 1. The van der Waals surface area contributed by atoms with Crippen LogP contribution in [0.15, 0.2) is 42.6 Å². The van der Waals surface area contributed by atoms with Crippen molar-refractivity contribution in [3.63, 3.8) is 0 Å². The van der Waals surface area contributed by atoms with E-state index >= 15 is 0 Å². The summed E-state index contributed by atoms with van der Waals surface area (Å²) in [6, 6.07) is 9.28. The number of nitrogens with zero attached hydrogens (tertiary/aromatic N) is 1. The first-order chi connectivity index (χ1) is 10.1. The van der Waals surface area contributed by atoms with Gasteiger partial charge < -0.3 is 10.1 Å². The molecule has 0 aliphatic heterocycles. The Morgan fingerprint density at radius 2 is 2.05 bits per heavy atom.